The van der Waals surface area contributed by atoms with Crippen molar-refractivity contribution >= 4 is 17.0 Å². The van der Waals surface area contributed by atoms with Crippen LogP contribution in [0.25, 0.3) is 11.2 Å². The Hall–Kier alpha value is -2.11. The van der Waals surface area contributed by atoms with Gasteiger partial charge in [-0.05, 0) is 0 Å². The van der Waals surface area contributed by atoms with Gasteiger partial charge < -0.3 is 19.9 Å². The highest BCUT2D eigenvalue weighted by Gasteiger charge is 2.30. The number of anilines is 1. The molecule has 0 saturated carbocycles. The fourth-order valence-corrected chi connectivity index (χ4v) is 3.80. The number of fused-ring (bicyclic) bond motifs is 1. The molecule has 0 bridgehead atoms. The Kier molecular flexibility index (Phi) is 6.67. The van der Waals surface area contributed by atoms with Crippen LogP contribution in [-0.2, 0) is 9.47 Å². The van der Waals surface area contributed by atoms with Gasteiger partial charge in [0.2, 0.25) is 0 Å². The van der Waals surface area contributed by atoms with E-state index in [2.05, 4.69) is 36.6 Å². The van der Waals surface area contributed by atoms with Gasteiger partial charge in [0.25, 0.3) is 0 Å². The van der Waals surface area contributed by atoms with Crippen molar-refractivity contribution < 1.29 is 14.6 Å². The number of aliphatic hydroxyl groups excluding tert-OH is 1. The molecule has 2 aliphatic heterocycles. The minimum Gasteiger partial charge on any atom is -0.394 e. The van der Waals surface area contributed by atoms with Crippen LogP contribution >= 0.6 is 0 Å². The lowest BCUT2D eigenvalue weighted by Crippen LogP contribution is -2.50. The van der Waals surface area contributed by atoms with Crippen molar-refractivity contribution in [3.8, 4) is 0 Å². The van der Waals surface area contributed by atoms with Crippen LogP contribution in [0.15, 0.2) is 25.3 Å². The van der Waals surface area contributed by atoms with Crippen molar-refractivity contribution in [1.82, 2.24) is 29.3 Å². The van der Waals surface area contributed by atoms with E-state index in [0.717, 1.165) is 39.4 Å². The Morgan fingerprint density at radius 1 is 1.17 bits per heavy atom. The van der Waals surface area contributed by atoms with Gasteiger partial charge >= 0.3 is 0 Å². The molecule has 0 amide bonds. The molecular weight excluding hydrogens is 374 g/mol. The van der Waals surface area contributed by atoms with Gasteiger partial charge in [-0.1, -0.05) is 6.08 Å². The van der Waals surface area contributed by atoms with Crippen LogP contribution in [0.3, 0.4) is 0 Å². The summed E-state index contributed by atoms with van der Waals surface area (Å²) in [4.78, 5) is 18.0. The second-order valence-electron chi connectivity index (χ2n) is 7.32. The third kappa shape index (κ3) is 4.73. The van der Waals surface area contributed by atoms with Gasteiger partial charge in [-0.15, -0.1) is 6.58 Å². The van der Waals surface area contributed by atoms with Gasteiger partial charge in [-0.25, -0.2) is 15.0 Å². The van der Waals surface area contributed by atoms with E-state index in [4.69, 9.17) is 9.47 Å². The molecule has 4 rings (SSSR count). The summed E-state index contributed by atoms with van der Waals surface area (Å²) in [7, 11) is 0. The van der Waals surface area contributed by atoms with Crippen LogP contribution in [0.5, 0.6) is 0 Å². The van der Waals surface area contributed by atoms with E-state index in [9.17, 15) is 5.11 Å². The van der Waals surface area contributed by atoms with E-state index >= 15 is 0 Å². The Morgan fingerprint density at radius 2 is 2.00 bits per heavy atom. The summed E-state index contributed by atoms with van der Waals surface area (Å²) in [5, 5.41) is 12.9. The number of imidazole rings is 1. The topological polar surface area (TPSA) is 101 Å². The van der Waals surface area contributed by atoms with Crippen LogP contribution in [0.2, 0.25) is 0 Å². The molecule has 2 aromatic rings. The van der Waals surface area contributed by atoms with Crippen molar-refractivity contribution in [3.05, 3.63) is 25.3 Å². The number of nitrogens with one attached hydrogen (secondary N) is 1. The maximum absolute atomic E-state index is 9.75. The van der Waals surface area contributed by atoms with E-state index < -0.39 is 0 Å². The molecule has 2 aromatic heterocycles. The highest BCUT2D eigenvalue weighted by molar-refractivity contribution is 5.82. The lowest BCUT2D eigenvalue weighted by molar-refractivity contribution is -0.134. The molecule has 2 aliphatic rings. The molecule has 2 atom stereocenters. The average Bonchev–Trinajstić information content (AvgIpc) is 3.21. The third-order valence-electron chi connectivity index (χ3n) is 5.35. The normalized spacial score (nSPS) is 24.0. The fourth-order valence-electron chi connectivity index (χ4n) is 3.80. The summed E-state index contributed by atoms with van der Waals surface area (Å²) in [5.74, 6) is 0.673. The zero-order valence-corrected chi connectivity index (χ0v) is 16.6. The molecule has 0 radical (unpaired) electrons. The van der Waals surface area contributed by atoms with Crippen molar-refractivity contribution in [3.63, 3.8) is 0 Å². The largest absolute Gasteiger partial charge is 0.394 e. The Labute approximate surface area is 170 Å². The van der Waals surface area contributed by atoms with Crippen LogP contribution in [0.4, 0.5) is 5.82 Å². The Bertz CT molecular complexity index is 808. The number of ether oxygens (including phenoxy) is 2. The SMILES string of the molecule is C=CCNc1ncnc2c1ncn2[C@H]1CN(CCN2CCOCC2)C[C@@H](CO)O1. The van der Waals surface area contributed by atoms with E-state index in [-0.39, 0.29) is 18.9 Å². The molecule has 0 aliphatic carbocycles. The summed E-state index contributed by atoms with van der Waals surface area (Å²) in [6.07, 6.45) is 4.53. The van der Waals surface area contributed by atoms with Crippen molar-refractivity contribution in [2.24, 2.45) is 0 Å². The molecule has 0 spiro atoms. The molecule has 0 aromatic carbocycles. The van der Waals surface area contributed by atoms with E-state index in [0.29, 0.717) is 36.6 Å². The van der Waals surface area contributed by atoms with Gasteiger partial charge in [-0.3, -0.25) is 14.4 Å². The first-order valence-electron chi connectivity index (χ1n) is 10.1. The number of hydrogen-bond donors (Lipinski definition) is 2. The minimum absolute atomic E-state index is 0.0156. The van der Waals surface area contributed by atoms with Crippen LogP contribution in [0, 0.1) is 0 Å². The highest BCUT2D eigenvalue weighted by atomic mass is 16.5. The highest BCUT2D eigenvalue weighted by Crippen LogP contribution is 2.25. The Morgan fingerprint density at radius 3 is 2.79 bits per heavy atom. The molecule has 0 unspecified atom stereocenters. The number of nitrogens with zero attached hydrogens (tertiary/aromatic N) is 6. The fraction of sp³-hybridized carbons (Fsp3) is 0.632. The van der Waals surface area contributed by atoms with Crippen molar-refractivity contribution in [2.45, 2.75) is 12.3 Å². The number of aromatic nitrogens is 4. The molecule has 10 nitrogen and oxygen atoms in total. The Balaban J connectivity index is 1.48. The minimum atomic E-state index is -0.266. The van der Waals surface area contributed by atoms with Gasteiger partial charge in [0.1, 0.15) is 12.6 Å². The van der Waals surface area contributed by atoms with Gasteiger partial charge in [0, 0.05) is 45.8 Å². The second-order valence-corrected chi connectivity index (χ2v) is 7.32. The summed E-state index contributed by atoms with van der Waals surface area (Å²) in [6.45, 7) is 11.2. The predicted octanol–water partition coefficient (Wildman–Crippen LogP) is -0.0519. The monoisotopic (exact) mass is 403 g/mol. The summed E-state index contributed by atoms with van der Waals surface area (Å²) in [6, 6.07) is 0. The number of morpholine rings is 2. The molecule has 4 heterocycles. The lowest BCUT2D eigenvalue weighted by Gasteiger charge is -2.39. The van der Waals surface area contributed by atoms with Gasteiger partial charge in [0.15, 0.2) is 17.0 Å². The van der Waals surface area contributed by atoms with E-state index in [1.54, 1.807) is 12.4 Å². The zero-order chi connectivity index (χ0) is 20.1. The zero-order valence-electron chi connectivity index (χ0n) is 16.6. The number of rotatable bonds is 8. The average molecular weight is 403 g/mol. The molecular formula is C19H29N7O3. The van der Waals surface area contributed by atoms with Crippen LogP contribution in [-0.4, -0.2) is 106 Å². The van der Waals surface area contributed by atoms with Crippen LogP contribution < -0.4 is 5.32 Å². The third-order valence-corrected chi connectivity index (χ3v) is 5.35. The smallest absolute Gasteiger partial charge is 0.167 e. The summed E-state index contributed by atoms with van der Waals surface area (Å²) in [5.41, 5.74) is 1.41. The van der Waals surface area contributed by atoms with Gasteiger partial charge in [0.05, 0.1) is 32.3 Å². The molecule has 2 saturated heterocycles. The van der Waals surface area contributed by atoms with Gasteiger partial charge in [-0.2, -0.15) is 0 Å². The standard InChI is InChI=1S/C19H29N7O3/c1-2-3-20-18-17-19(22-13-21-18)26(14-23-17)16-11-25(10-15(12-27)29-16)5-4-24-6-8-28-9-7-24/h2,13-16,27H,1,3-12H2,(H,20,21,22)/t15-,16+/m0/s1. The van der Waals surface area contributed by atoms with E-state index in [1.165, 1.54) is 6.33 Å². The second kappa shape index (κ2) is 9.59. The van der Waals surface area contributed by atoms with Crippen molar-refractivity contribution in [2.75, 3.05) is 71.0 Å². The maximum atomic E-state index is 9.75. The van der Waals surface area contributed by atoms with Crippen LogP contribution in [0.1, 0.15) is 6.23 Å². The first-order chi connectivity index (χ1) is 14.3. The molecule has 29 heavy (non-hydrogen) atoms. The molecule has 10 heteroatoms. The van der Waals surface area contributed by atoms with Crippen molar-refractivity contribution in [1.29, 1.82) is 0 Å². The quantitative estimate of drug-likeness (QED) is 0.588. The number of aliphatic hydroxyl groups is 1. The predicted molar refractivity (Wildman–Crippen MR) is 109 cm³/mol. The summed E-state index contributed by atoms with van der Waals surface area (Å²) < 4.78 is 13.5. The maximum Gasteiger partial charge on any atom is 0.167 e. The molecule has 2 N–H and O–H groups in total. The van der Waals surface area contributed by atoms with E-state index in [1.807, 2.05) is 4.57 Å². The summed E-state index contributed by atoms with van der Waals surface area (Å²) >= 11 is 0. The number of hydrogen-bond acceptors (Lipinski definition) is 9. The molecule has 2 fully saturated rings. The first kappa shape index (κ1) is 20.2. The first-order valence-corrected chi connectivity index (χ1v) is 10.1. The lowest BCUT2D eigenvalue weighted by atomic mass is 10.2. The molecule has 158 valence electrons.